The third-order valence-corrected chi connectivity index (χ3v) is 6.02. The first-order valence-corrected chi connectivity index (χ1v) is 9.94. The average molecular weight is 380 g/mol. The molecule has 3 aromatic rings. The maximum atomic E-state index is 13.1. The van der Waals surface area contributed by atoms with E-state index in [0.29, 0.717) is 4.88 Å². The van der Waals surface area contributed by atoms with Gasteiger partial charge in [0.25, 0.3) is 5.91 Å². The summed E-state index contributed by atoms with van der Waals surface area (Å²) in [6.07, 6.45) is 2.48. The smallest absolute Gasteiger partial charge is 0.265 e. The number of aryl methyl sites for hydroxylation is 1. The Kier molecular flexibility index (Phi) is 4.94. The van der Waals surface area contributed by atoms with E-state index in [1.165, 1.54) is 42.0 Å². The fraction of sp³-hybridized carbons (Fsp3) is 0.227. The van der Waals surface area contributed by atoms with E-state index in [2.05, 4.69) is 22.3 Å². The van der Waals surface area contributed by atoms with E-state index < -0.39 is 0 Å². The summed E-state index contributed by atoms with van der Waals surface area (Å²) in [6.45, 7) is 4.23. The van der Waals surface area contributed by atoms with E-state index in [9.17, 15) is 9.18 Å². The Labute approximate surface area is 162 Å². The molecular weight excluding hydrogens is 359 g/mol. The van der Waals surface area contributed by atoms with Crippen LogP contribution in [0.4, 0.5) is 15.8 Å². The van der Waals surface area contributed by atoms with E-state index >= 15 is 0 Å². The van der Waals surface area contributed by atoms with Crippen molar-refractivity contribution < 1.29 is 9.18 Å². The summed E-state index contributed by atoms with van der Waals surface area (Å²) < 4.78 is 13.1. The maximum absolute atomic E-state index is 13.1. The number of nitrogens with one attached hydrogen (secondary N) is 1. The van der Waals surface area contributed by atoms with Gasteiger partial charge in [0.15, 0.2) is 0 Å². The number of hydrogen-bond acceptors (Lipinski definition) is 3. The normalized spacial score (nSPS) is 13.8. The van der Waals surface area contributed by atoms with E-state index in [0.717, 1.165) is 34.8 Å². The number of carbonyl (C=O) groups excluding carboxylic acids is 1. The molecule has 0 atom stereocenters. The standard InChI is InChI=1S/C22H21FN2OS/c1-15-14-18(25-12-2-3-13-25)8-9-19(15)24-22(26)21-11-10-20(27-21)16-4-6-17(23)7-5-16/h4-11,14H,2-3,12-13H2,1H3,(H,24,26). The maximum Gasteiger partial charge on any atom is 0.265 e. The minimum absolute atomic E-state index is 0.120. The highest BCUT2D eigenvalue weighted by atomic mass is 32.1. The summed E-state index contributed by atoms with van der Waals surface area (Å²) in [5, 5.41) is 3.01. The lowest BCUT2D eigenvalue weighted by atomic mass is 10.1. The molecule has 1 aromatic heterocycles. The van der Waals surface area contributed by atoms with Crippen LogP contribution in [-0.2, 0) is 0 Å². The highest BCUT2D eigenvalue weighted by Crippen LogP contribution is 2.30. The third-order valence-electron chi connectivity index (χ3n) is 4.89. The second-order valence-electron chi connectivity index (χ2n) is 6.82. The molecule has 1 N–H and O–H groups in total. The van der Waals surface area contributed by atoms with Gasteiger partial charge in [-0.3, -0.25) is 4.79 Å². The molecular formula is C22H21FN2OS. The summed E-state index contributed by atoms with van der Waals surface area (Å²) in [5.74, 6) is -0.383. The van der Waals surface area contributed by atoms with Gasteiger partial charge in [0.1, 0.15) is 5.82 Å². The molecule has 1 saturated heterocycles. The van der Waals surface area contributed by atoms with E-state index in [1.54, 1.807) is 12.1 Å². The fourth-order valence-corrected chi connectivity index (χ4v) is 4.28. The Balaban J connectivity index is 1.48. The van der Waals surface area contributed by atoms with Crippen LogP contribution in [0.5, 0.6) is 0 Å². The van der Waals surface area contributed by atoms with Gasteiger partial charge in [0, 0.05) is 29.3 Å². The summed E-state index contributed by atoms with van der Waals surface area (Å²) in [6, 6.07) is 16.2. The monoisotopic (exact) mass is 380 g/mol. The van der Waals surface area contributed by atoms with Crippen molar-refractivity contribution in [1.82, 2.24) is 0 Å². The molecule has 5 heteroatoms. The predicted octanol–water partition coefficient (Wildman–Crippen LogP) is 5.72. The molecule has 0 aliphatic carbocycles. The molecule has 2 heterocycles. The first-order chi connectivity index (χ1) is 13.1. The van der Waals surface area contributed by atoms with Gasteiger partial charge in [0.05, 0.1) is 4.88 Å². The van der Waals surface area contributed by atoms with Gasteiger partial charge >= 0.3 is 0 Å². The molecule has 27 heavy (non-hydrogen) atoms. The number of nitrogens with zero attached hydrogens (tertiary/aromatic N) is 1. The van der Waals surface area contributed by atoms with Crippen molar-refractivity contribution in [3.8, 4) is 10.4 Å². The van der Waals surface area contributed by atoms with Gasteiger partial charge in [0.2, 0.25) is 0 Å². The summed E-state index contributed by atoms with van der Waals surface area (Å²) in [4.78, 5) is 16.6. The highest BCUT2D eigenvalue weighted by molar-refractivity contribution is 7.17. The van der Waals surface area contributed by atoms with Crippen LogP contribution < -0.4 is 10.2 Å². The van der Waals surface area contributed by atoms with Gasteiger partial charge < -0.3 is 10.2 Å². The van der Waals surface area contributed by atoms with Crippen molar-refractivity contribution in [2.75, 3.05) is 23.3 Å². The molecule has 1 fully saturated rings. The SMILES string of the molecule is Cc1cc(N2CCCC2)ccc1NC(=O)c1ccc(-c2ccc(F)cc2)s1. The second kappa shape index (κ2) is 7.53. The average Bonchev–Trinajstić information content (AvgIpc) is 3.36. The van der Waals surface area contributed by atoms with Crippen LogP contribution in [0.2, 0.25) is 0 Å². The number of carbonyl (C=O) groups is 1. The molecule has 138 valence electrons. The molecule has 1 aliphatic heterocycles. The Bertz CT molecular complexity index is 959. The first kappa shape index (κ1) is 17.7. The number of rotatable bonds is 4. The number of hydrogen-bond donors (Lipinski definition) is 1. The Morgan fingerprint density at radius 2 is 1.78 bits per heavy atom. The number of halogens is 1. The van der Waals surface area contributed by atoms with Crippen molar-refractivity contribution in [2.45, 2.75) is 19.8 Å². The van der Waals surface area contributed by atoms with Gasteiger partial charge in [-0.15, -0.1) is 11.3 Å². The summed E-state index contributed by atoms with van der Waals surface area (Å²) in [5.41, 5.74) is 4.02. The third kappa shape index (κ3) is 3.88. The zero-order valence-corrected chi connectivity index (χ0v) is 16.0. The lowest BCUT2D eigenvalue weighted by molar-refractivity contribution is 0.103. The minimum atomic E-state index is -0.263. The van der Waals surface area contributed by atoms with Crippen LogP contribution in [0.25, 0.3) is 10.4 Å². The van der Waals surface area contributed by atoms with Gasteiger partial charge in [-0.1, -0.05) is 12.1 Å². The fourth-order valence-electron chi connectivity index (χ4n) is 3.37. The van der Waals surface area contributed by atoms with Crippen molar-refractivity contribution in [2.24, 2.45) is 0 Å². The molecule has 2 aromatic carbocycles. The van der Waals surface area contributed by atoms with Crippen LogP contribution >= 0.6 is 11.3 Å². The van der Waals surface area contributed by atoms with Gasteiger partial charge in [-0.2, -0.15) is 0 Å². The van der Waals surface area contributed by atoms with Crippen LogP contribution in [0, 0.1) is 12.7 Å². The number of benzene rings is 2. The molecule has 1 amide bonds. The summed E-state index contributed by atoms with van der Waals surface area (Å²) >= 11 is 1.41. The van der Waals surface area contributed by atoms with E-state index in [4.69, 9.17) is 0 Å². The number of thiophene rings is 1. The van der Waals surface area contributed by atoms with Crippen molar-refractivity contribution in [3.63, 3.8) is 0 Å². The summed E-state index contributed by atoms with van der Waals surface area (Å²) in [7, 11) is 0. The van der Waals surface area contributed by atoms with Crippen LogP contribution in [0.15, 0.2) is 54.6 Å². The molecule has 0 bridgehead atoms. The zero-order chi connectivity index (χ0) is 18.8. The molecule has 3 nitrogen and oxygen atoms in total. The molecule has 4 rings (SSSR count). The first-order valence-electron chi connectivity index (χ1n) is 9.13. The van der Waals surface area contributed by atoms with Crippen LogP contribution in [-0.4, -0.2) is 19.0 Å². The van der Waals surface area contributed by atoms with Crippen LogP contribution in [0.3, 0.4) is 0 Å². The topological polar surface area (TPSA) is 32.3 Å². The highest BCUT2D eigenvalue weighted by Gasteiger charge is 2.15. The predicted molar refractivity (Wildman–Crippen MR) is 110 cm³/mol. The molecule has 0 saturated carbocycles. The molecule has 0 spiro atoms. The van der Waals surface area contributed by atoms with Crippen molar-refractivity contribution in [1.29, 1.82) is 0 Å². The minimum Gasteiger partial charge on any atom is -0.372 e. The lowest BCUT2D eigenvalue weighted by Gasteiger charge is -2.19. The second-order valence-corrected chi connectivity index (χ2v) is 7.90. The van der Waals surface area contributed by atoms with Gasteiger partial charge in [-0.05, 0) is 73.4 Å². The molecule has 0 radical (unpaired) electrons. The van der Waals surface area contributed by atoms with Crippen molar-refractivity contribution >= 4 is 28.6 Å². The Morgan fingerprint density at radius 3 is 2.48 bits per heavy atom. The Hall–Kier alpha value is -2.66. The number of amides is 1. The number of anilines is 2. The largest absolute Gasteiger partial charge is 0.372 e. The molecule has 0 unspecified atom stereocenters. The van der Waals surface area contributed by atoms with Crippen LogP contribution in [0.1, 0.15) is 28.1 Å². The zero-order valence-electron chi connectivity index (χ0n) is 15.2. The van der Waals surface area contributed by atoms with Gasteiger partial charge in [-0.25, -0.2) is 4.39 Å². The lowest BCUT2D eigenvalue weighted by Crippen LogP contribution is -2.18. The Morgan fingerprint density at radius 1 is 1.04 bits per heavy atom. The molecule has 1 aliphatic rings. The van der Waals surface area contributed by atoms with E-state index in [1.807, 2.05) is 25.1 Å². The quantitative estimate of drug-likeness (QED) is 0.628. The van der Waals surface area contributed by atoms with E-state index in [-0.39, 0.29) is 11.7 Å². The van der Waals surface area contributed by atoms with Crippen molar-refractivity contribution in [3.05, 3.63) is 70.9 Å².